The molecule has 1 aliphatic rings. The number of aromatic nitrogens is 2. The van der Waals surface area contributed by atoms with Crippen molar-refractivity contribution in [3.63, 3.8) is 0 Å². The van der Waals surface area contributed by atoms with E-state index in [-0.39, 0.29) is 6.42 Å². The number of anilines is 1. The number of alkyl halides is 2. The Morgan fingerprint density at radius 1 is 1.48 bits per heavy atom. The van der Waals surface area contributed by atoms with Gasteiger partial charge in [0.2, 0.25) is 0 Å². The van der Waals surface area contributed by atoms with Crippen molar-refractivity contribution in [3.8, 4) is 0 Å². The summed E-state index contributed by atoms with van der Waals surface area (Å²) in [5.74, 6) is -4.05. The van der Waals surface area contributed by atoms with Crippen molar-refractivity contribution in [3.05, 3.63) is 22.5 Å². The van der Waals surface area contributed by atoms with Gasteiger partial charge in [0.15, 0.2) is 35.7 Å². The zero-order chi connectivity index (χ0) is 21.9. The van der Waals surface area contributed by atoms with Crippen LogP contribution in [-0.2, 0) is 23.8 Å². The molecule has 0 aromatic carbocycles. The molecule has 1 saturated heterocycles. The van der Waals surface area contributed by atoms with Gasteiger partial charge in [0.05, 0.1) is 18.0 Å². The topological polar surface area (TPSA) is 123 Å². The van der Waals surface area contributed by atoms with Gasteiger partial charge in [0.1, 0.15) is 6.61 Å². The van der Waals surface area contributed by atoms with Gasteiger partial charge in [0, 0.05) is 6.42 Å². The normalized spacial score (nSPS) is 26.5. The highest BCUT2D eigenvalue weighted by Gasteiger charge is 2.59. The van der Waals surface area contributed by atoms with Gasteiger partial charge in [-0.05, 0) is 0 Å². The number of rotatable bonds is 7. The third kappa shape index (κ3) is 4.67. The SMILES string of the molecule is CCC(=O)O[C@H]1[C@H](F)[C@H](n2cc(F)c(N)nc2=O)O[C@]1(CCl)COC(=O)C(C)C. The average molecular weight is 438 g/mol. The fourth-order valence-electron chi connectivity index (χ4n) is 2.68. The predicted octanol–water partition coefficient (Wildman–Crippen LogP) is 1.33. The molecule has 162 valence electrons. The minimum absolute atomic E-state index is 0.0734. The molecule has 2 rings (SSSR count). The van der Waals surface area contributed by atoms with Crippen LogP contribution >= 0.6 is 11.6 Å². The highest BCUT2D eigenvalue weighted by atomic mass is 35.5. The van der Waals surface area contributed by atoms with E-state index in [1.807, 2.05) is 0 Å². The number of ether oxygens (including phenoxy) is 3. The summed E-state index contributed by atoms with van der Waals surface area (Å²) in [5.41, 5.74) is 2.35. The minimum atomic E-state index is -2.13. The molecular weight excluding hydrogens is 416 g/mol. The summed E-state index contributed by atoms with van der Waals surface area (Å²) >= 11 is 5.99. The summed E-state index contributed by atoms with van der Waals surface area (Å²) in [5, 5.41) is 0. The Morgan fingerprint density at radius 3 is 2.69 bits per heavy atom. The van der Waals surface area contributed by atoms with E-state index < -0.39 is 71.8 Å². The third-order valence-corrected chi connectivity index (χ3v) is 4.80. The van der Waals surface area contributed by atoms with Crippen molar-refractivity contribution in [2.45, 2.75) is 51.3 Å². The Hall–Kier alpha value is -2.27. The molecule has 0 unspecified atom stereocenters. The minimum Gasteiger partial charge on any atom is -0.462 e. The van der Waals surface area contributed by atoms with E-state index >= 15 is 4.39 Å². The molecule has 0 saturated carbocycles. The molecule has 9 nitrogen and oxygen atoms in total. The third-order valence-electron chi connectivity index (χ3n) is 4.35. The van der Waals surface area contributed by atoms with E-state index in [2.05, 4.69) is 4.98 Å². The first-order chi connectivity index (χ1) is 13.6. The van der Waals surface area contributed by atoms with Crippen molar-refractivity contribution >= 4 is 29.4 Å². The van der Waals surface area contributed by atoms with Crippen LogP contribution in [-0.4, -0.2) is 51.9 Å². The van der Waals surface area contributed by atoms with Gasteiger partial charge in [-0.25, -0.2) is 13.6 Å². The molecule has 2 N–H and O–H groups in total. The predicted molar refractivity (Wildman–Crippen MR) is 97.3 cm³/mol. The zero-order valence-corrected chi connectivity index (χ0v) is 16.8. The highest BCUT2D eigenvalue weighted by Crippen LogP contribution is 2.42. The Morgan fingerprint density at radius 2 is 2.14 bits per heavy atom. The van der Waals surface area contributed by atoms with Crippen LogP contribution in [0.25, 0.3) is 0 Å². The number of nitrogen functional groups attached to an aromatic ring is 1. The van der Waals surface area contributed by atoms with Crippen molar-refractivity contribution < 1.29 is 32.6 Å². The maximum absolute atomic E-state index is 15.3. The van der Waals surface area contributed by atoms with Gasteiger partial charge in [0.25, 0.3) is 0 Å². The number of halogens is 3. The van der Waals surface area contributed by atoms with Crippen LogP contribution in [0.3, 0.4) is 0 Å². The molecule has 0 spiro atoms. The largest absolute Gasteiger partial charge is 0.462 e. The van der Waals surface area contributed by atoms with E-state index in [9.17, 15) is 18.8 Å². The maximum atomic E-state index is 15.3. The Kier molecular flexibility index (Phi) is 7.17. The first-order valence-electron chi connectivity index (χ1n) is 8.84. The van der Waals surface area contributed by atoms with Gasteiger partial charge < -0.3 is 19.9 Å². The van der Waals surface area contributed by atoms with E-state index in [1.165, 1.54) is 6.92 Å². The van der Waals surface area contributed by atoms with E-state index in [4.69, 9.17) is 31.5 Å². The van der Waals surface area contributed by atoms with Crippen LogP contribution in [0.2, 0.25) is 0 Å². The van der Waals surface area contributed by atoms with Crippen molar-refractivity contribution in [2.75, 3.05) is 18.2 Å². The van der Waals surface area contributed by atoms with Crippen LogP contribution in [0, 0.1) is 11.7 Å². The molecule has 1 aromatic rings. The summed E-state index contributed by atoms with van der Waals surface area (Å²) in [6.07, 6.45) is -4.94. The summed E-state index contributed by atoms with van der Waals surface area (Å²) in [4.78, 5) is 39.0. The Balaban J connectivity index is 2.44. The van der Waals surface area contributed by atoms with Crippen LogP contribution in [0.1, 0.15) is 33.4 Å². The fraction of sp³-hybridized carbons (Fsp3) is 0.647. The lowest BCUT2D eigenvalue weighted by Crippen LogP contribution is -2.50. The molecule has 2 heterocycles. The summed E-state index contributed by atoms with van der Waals surface area (Å²) in [6, 6.07) is 0. The monoisotopic (exact) mass is 437 g/mol. The average Bonchev–Trinajstić information content (AvgIpc) is 2.95. The molecule has 0 amide bonds. The number of esters is 2. The number of nitrogens with zero attached hydrogens (tertiary/aromatic N) is 2. The first-order valence-corrected chi connectivity index (χ1v) is 9.37. The van der Waals surface area contributed by atoms with Crippen molar-refractivity contribution in [1.82, 2.24) is 9.55 Å². The van der Waals surface area contributed by atoms with E-state index in [1.54, 1.807) is 13.8 Å². The van der Waals surface area contributed by atoms with Crippen molar-refractivity contribution in [1.29, 1.82) is 0 Å². The van der Waals surface area contributed by atoms with Crippen LogP contribution in [0.15, 0.2) is 11.0 Å². The van der Waals surface area contributed by atoms with Crippen LogP contribution in [0.5, 0.6) is 0 Å². The van der Waals surface area contributed by atoms with Crippen LogP contribution in [0.4, 0.5) is 14.6 Å². The first kappa shape index (κ1) is 23.0. The Bertz CT molecular complexity index is 836. The number of hydrogen-bond acceptors (Lipinski definition) is 8. The zero-order valence-electron chi connectivity index (χ0n) is 16.1. The number of carbonyl (C=O) groups excluding carboxylic acids is 2. The van der Waals surface area contributed by atoms with Gasteiger partial charge in [-0.15, -0.1) is 11.6 Å². The Labute approximate surface area is 170 Å². The van der Waals surface area contributed by atoms with Crippen LogP contribution < -0.4 is 11.4 Å². The lowest BCUT2D eigenvalue weighted by atomic mass is 9.98. The van der Waals surface area contributed by atoms with Crippen molar-refractivity contribution in [2.24, 2.45) is 5.92 Å². The second-order valence-corrected chi connectivity index (χ2v) is 7.11. The quantitative estimate of drug-likeness (QED) is 0.500. The summed E-state index contributed by atoms with van der Waals surface area (Å²) < 4.78 is 45.5. The summed E-state index contributed by atoms with van der Waals surface area (Å²) in [6.45, 7) is 4.12. The molecule has 1 aliphatic heterocycles. The van der Waals surface area contributed by atoms with Gasteiger partial charge in [-0.2, -0.15) is 4.98 Å². The fourth-order valence-corrected chi connectivity index (χ4v) is 2.97. The maximum Gasteiger partial charge on any atom is 0.351 e. The molecular formula is C17H22ClF2N3O6. The number of nitrogens with two attached hydrogens (primary N) is 1. The molecule has 0 bridgehead atoms. The second kappa shape index (κ2) is 9.04. The van der Waals surface area contributed by atoms with E-state index in [0.717, 1.165) is 0 Å². The second-order valence-electron chi connectivity index (χ2n) is 6.84. The summed E-state index contributed by atoms with van der Waals surface area (Å²) in [7, 11) is 0. The van der Waals surface area contributed by atoms with Gasteiger partial charge >= 0.3 is 17.6 Å². The number of hydrogen-bond donors (Lipinski definition) is 1. The standard InChI is InChI=1S/C17H22ClF2N3O6/c1-4-10(24)28-12-11(20)14(23-5-9(19)13(21)22-16(23)26)29-17(12,6-18)7-27-15(25)8(2)3/h5,8,11-12,14H,4,6-7H2,1-3H3,(H2,21,22,26)/t11-,12-,14+,17+/m0/s1. The highest BCUT2D eigenvalue weighted by molar-refractivity contribution is 6.18. The van der Waals surface area contributed by atoms with Gasteiger partial charge in [-0.3, -0.25) is 14.2 Å². The molecule has 0 aliphatic carbocycles. The van der Waals surface area contributed by atoms with E-state index in [0.29, 0.717) is 10.8 Å². The molecule has 1 aromatic heterocycles. The lowest BCUT2D eigenvalue weighted by Gasteiger charge is -2.31. The molecule has 29 heavy (non-hydrogen) atoms. The van der Waals surface area contributed by atoms with Gasteiger partial charge in [-0.1, -0.05) is 20.8 Å². The number of carbonyl (C=O) groups is 2. The molecule has 1 fully saturated rings. The molecule has 0 radical (unpaired) electrons. The smallest absolute Gasteiger partial charge is 0.351 e. The molecule has 4 atom stereocenters. The molecule has 12 heteroatoms. The lowest BCUT2D eigenvalue weighted by molar-refractivity contribution is -0.175.